The Morgan fingerprint density at radius 1 is 1.43 bits per heavy atom. The van der Waals surface area contributed by atoms with Crippen molar-refractivity contribution in [1.82, 2.24) is 4.90 Å². The molecule has 1 aromatic rings. The van der Waals surface area contributed by atoms with Crippen molar-refractivity contribution in [1.29, 1.82) is 0 Å². The zero-order valence-corrected chi connectivity index (χ0v) is 11.9. The number of carbonyl (C=O) groups excluding carboxylic acids is 1. The molecule has 1 N–H and O–H groups in total. The number of nitrogens with zero attached hydrogens (tertiary/aromatic N) is 1. The average molecular weight is 283 g/mol. The Morgan fingerprint density at radius 2 is 2.29 bits per heavy atom. The molecule has 5 rings (SSSR count). The van der Waals surface area contributed by atoms with Crippen LogP contribution >= 0.6 is 0 Å². The Balaban J connectivity index is 1.87. The second kappa shape index (κ2) is 3.50. The lowest BCUT2D eigenvalue weighted by Gasteiger charge is -2.55. The summed E-state index contributed by atoms with van der Waals surface area (Å²) in [4.78, 5) is 14.8. The Morgan fingerprint density at radius 3 is 3.14 bits per heavy atom. The Hall–Kier alpha value is -1.81. The first-order chi connectivity index (χ1) is 10.1. The summed E-state index contributed by atoms with van der Waals surface area (Å²) in [6.45, 7) is 0.969. The molecule has 4 nitrogen and oxygen atoms in total. The van der Waals surface area contributed by atoms with Crippen molar-refractivity contribution in [2.75, 3.05) is 13.6 Å². The lowest BCUT2D eigenvalue weighted by molar-refractivity contribution is -0.127. The van der Waals surface area contributed by atoms with E-state index in [9.17, 15) is 9.90 Å². The summed E-state index contributed by atoms with van der Waals surface area (Å²) in [7, 11) is 2.17. The number of phenolic OH excluding ortho intramolecular Hbond substituents is 1. The highest BCUT2D eigenvalue weighted by molar-refractivity contribution is 5.98. The number of aromatic hydroxyl groups is 1. The number of piperidine rings is 1. The van der Waals surface area contributed by atoms with Crippen LogP contribution < -0.4 is 4.74 Å². The van der Waals surface area contributed by atoms with Gasteiger partial charge in [-0.15, -0.1) is 0 Å². The van der Waals surface area contributed by atoms with Gasteiger partial charge in [0.2, 0.25) is 0 Å². The Bertz CT molecular complexity index is 710. The Labute approximate surface area is 123 Å². The van der Waals surface area contributed by atoms with Crippen LogP contribution in [0.1, 0.15) is 17.5 Å². The van der Waals surface area contributed by atoms with Crippen LogP contribution in [0.5, 0.6) is 11.5 Å². The fraction of sp³-hybridized carbons (Fsp3) is 0.471. The third-order valence-corrected chi connectivity index (χ3v) is 6.00. The van der Waals surface area contributed by atoms with E-state index in [2.05, 4.69) is 18.0 Å². The van der Waals surface area contributed by atoms with Crippen molar-refractivity contribution >= 4 is 5.78 Å². The van der Waals surface area contributed by atoms with Crippen LogP contribution in [0.2, 0.25) is 0 Å². The molecule has 4 heteroatoms. The van der Waals surface area contributed by atoms with Crippen LogP contribution in [0, 0.1) is 5.92 Å². The highest BCUT2D eigenvalue weighted by Gasteiger charge is 2.64. The molecule has 1 saturated heterocycles. The number of ketones is 1. The molecule has 0 amide bonds. The lowest BCUT2D eigenvalue weighted by atomic mass is 9.53. The van der Waals surface area contributed by atoms with Crippen molar-refractivity contribution in [2.24, 2.45) is 5.92 Å². The molecule has 1 unspecified atom stereocenters. The third kappa shape index (κ3) is 1.16. The van der Waals surface area contributed by atoms with Crippen LogP contribution in [0.4, 0.5) is 0 Å². The number of ether oxygens (including phenoxy) is 1. The van der Waals surface area contributed by atoms with Crippen LogP contribution in [-0.4, -0.2) is 41.5 Å². The summed E-state index contributed by atoms with van der Waals surface area (Å²) in [5, 5.41) is 10.2. The topological polar surface area (TPSA) is 49.8 Å². The van der Waals surface area contributed by atoms with E-state index in [1.807, 2.05) is 6.07 Å². The summed E-state index contributed by atoms with van der Waals surface area (Å²) in [6.07, 6.45) is 5.19. The molecule has 1 aromatic carbocycles. The fourth-order valence-electron chi connectivity index (χ4n) is 5.08. The van der Waals surface area contributed by atoms with Crippen molar-refractivity contribution in [3.05, 3.63) is 35.4 Å². The molecule has 4 atom stereocenters. The number of carbonyl (C=O) groups is 1. The van der Waals surface area contributed by atoms with E-state index in [1.165, 1.54) is 5.56 Å². The minimum atomic E-state index is -0.453. The van der Waals surface area contributed by atoms with Gasteiger partial charge in [0.25, 0.3) is 0 Å². The Kier molecular flexibility index (Phi) is 1.97. The van der Waals surface area contributed by atoms with E-state index in [-0.39, 0.29) is 16.9 Å². The molecule has 21 heavy (non-hydrogen) atoms. The summed E-state index contributed by atoms with van der Waals surface area (Å²) >= 11 is 0. The number of hydrogen-bond acceptors (Lipinski definition) is 4. The monoisotopic (exact) mass is 283 g/mol. The second-order valence-electron chi connectivity index (χ2n) is 6.78. The van der Waals surface area contributed by atoms with E-state index < -0.39 is 6.10 Å². The smallest absolute Gasteiger partial charge is 0.196 e. The van der Waals surface area contributed by atoms with E-state index in [1.54, 1.807) is 12.1 Å². The van der Waals surface area contributed by atoms with Gasteiger partial charge in [0.1, 0.15) is 0 Å². The maximum absolute atomic E-state index is 12.4. The summed E-state index contributed by atoms with van der Waals surface area (Å²) in [5.74, 6) is 1.07. The first kappa shape index (κ1) is 11.8. The molecular weight excluding hydrogens is 266 g/mol. The quantitative estimate of drug-likeness (QED) is 0.782. The molecule has 2 heterocycles. The molecule has 0 radical (unpaired) electrons. The lowest BCUT2D eigenvalue weighted by Crippen LogP contribution is -2.64. The molecule has 4 aliphatic rings. The van der Waals surface area contributed by atoms with Gasteiger partial charge in [-0.1, -0.05) is 12.1 Å². The summed E-state index contributed by atoms with van der Waals surface area (Å²) in [6, 6.07) is 4.13. The van der Waals surface area contributed by atoms with Gasteiger partial charge in [-0.3, -0.25) is 4.79 Å². The van der Waals surface area contributed by atoms with Gasteiger partial charge in [0.05, 0.1) is 5.41 Å². The molecule has 0 saturated carbocycles. The molecular formula is C17H17NO3. The van der Waals surface area contributed by atoms with Crippen molar-refractivity contribution in [3.8, 4) is 11.5 Å². The average Bonchev–Trinajstić information content (AvgIpc) is 2.83. The standard InChI is InChI=1S/C17H17NO3/c1-18-7-6-17-10-3-5-13(20)16(17)21-15-12(19)4-2-9(14(15)17)8-11(10)18/h2-5,10-11,16,19H,6-8H2,1H3/t10?,11-,16+,17+/m0/s1. The van der Waals surface area contributed by atoms with E-state index in [4.69, 9.17) is 4.74 Å². The predicted octanol–water partition coefficient (Wildman–Crippen LogP) is 1.41. The van der Waals surface area contributed by atoms with Crippen molar-refractivity contribution < 1.29 is 14.6 Å². The first-order valence-electron chi connectivity index (χ1n) is 7.57. The normalized spacial score (nSPS) is 39.1. The molecule has 108 valence electrons. The maximum Gasteiger partial charge on any atom is 0.196 e. The molecule has 2 aliphatic carbocycles. The van der Waals surface area contributed by atoms with Crippen LogP contribution in [0.25, 0.3) is 0 Å². The predicted molar refractivity (Wildman–Crippen MR) is 76.6 cm³/mol. The van der Waals surface area contributed by atoms with E-state index in [0.717, 1.165) is 24.9 Å². The molecule has 2 bridgehead atoms. The summed E-state index contributed by atoms with van der Waals surface area (Å²) in [5.41, 5.74) is 2.09. The fourth-order valence-corrected chi connectivity index (χ4v) is 5.08. The molecule has 1 fully saturated rings. The largest absolute Gasteiger partial charge is 0.504 e. The van der Waals surface area contributed by atoms with Crippen LogP contribution in [0.15, 0.2) is 24.3 Å². The minimum Gasteiger partial charge on any atom is -0.504 e. The zero-order chi connectivity index (χ0) is 14.4. The number of likely N-dealkylation sites (tertiary alicyclic amines) is 1. The second-order valence-corrected chi connectivity index (χ2v) is 6.78. The first-order valence-corrected chi connectivity index (χ1v) is 7.57. The molecule has 0 aromatic heterocycles. The number of benzene rings is 1. The van der Waals surface area contributed by atoms with Gasteiger partial charge < -0.3 is 14.7 Å². The number of rotatable bonds is 0. The van der Waals surface area contributed by atoms with Crippen LogP contribution in [-0.2, 0) is 16.6 Å². The molecule has 2 aliphatic heterocycles. The van der Waals surface area contributed by atoms with Crippen LogP contribution in [0.3, 0.4) is 0 Å². The van der Waals surface area contributed by atoms with Gasteiger partial charge in [-0.05, 0) is 44.1 Å². The number of phenols is 1. The minimum absolute atomic E-state index is 0.0398. The maximum atomic E-state index is 12.4. The van der Waals surface area contributed by atoms with Crippen molar-refractivity contribution in [3.63, 3.8) is 0 Å². The summed E-state index contributed by atoms with van der Waals surface area (Å²) < 4.78 is 5.99. The van der Waals surface area contributed by atoms with Gasteiger partial charge in [0, 0.05) is 17.5 Å². The zero-order valence-electron chi connectivity index (χ0n) is 11.9. The highest BCUT2D eigenvalue weighted by atomic mass is 16.5. The van der Waals surface area contributed by atoms with Gasteiger partial charge in [-0.25, -0.2) is 0 Å². The number of hydrogen-bond donors (Lipinski definition) is 1. The SMILES string of the molecule is CN1CC[C@@]23c4c5ccc(O)c4O[C@@H]2C(=O)C=CC3[C@@H]1C5. The van der Waals surface area contributed by atoms with E-state index >= 15 is 0 Å². The molecule has 1 spiro atoms. The van der Waals surface area contributed by atoms with Gasteiger partial charge in [-0.2, -0.15) is 0 Å². The highest BCUT2D eigenvalue weighted by Crippen LogP contribution is 2.61. The number of likely N-dealkylation sites (N-methyl/N-ethyl adjacent to an activating group) is 1. The van der Waals surface area contributed by atoms with Gasteiger partial charge in [0.15, 0.2) is 23.4 Å². The third-order valence-electron chi connectivity index (χ3n) is 6.00. The van der Waals surface area contributed by atoms with E-state index in [0.29, 0.717) is 17.7 Å². The van der Waals surface area contributed by atoms with Gasteiger partial charge >= 0.3 is 0 Å². The van der Waals surface area contributed by atoms with Crippen molar-refractivity contribution in [2.45, 2.75) is 30.4 Å².